The Kier molecular flexibility index (Phi) is 19.1. The van der Waals surface area contributed by atoms with E-state index in [0.29, 0.717) is 0 Å². The zero-order valence-corrected chi connectivity index (χ0v) is 20.5. The lowest BCUT2D eigenvalue weighted by atomic mass is 10.1. The van der Waals surface area contributed by atoms with Crippen molar-refractivity contribution in [3.05, 3.63) is 61.2 Å². The molecule has 4 heteroatoms. The van der Waals surface area contributed by atoms with Crippen molar-refractivity contribution >= 4 is 0 Å². The van der Waals surface area contributed by atoms with Gasteiger partial charge in [-0.15, -0.1) is 0 Å². The van der Waals surface area contributed by atoms with Crippen LogP contribution in [0.4, 0.5) is 0 Å². The van der Waals surface area contributed by atoms with E-state index in [9.17, 15) is 0 Å². The third-order valence-corrected chi connectivity index (χ3v) is 5.14. The van der Waals surface area contributed by atoms with Crippen LogP contribution in [0.25, 0.3) is 0 Å². The molecule has 2 aromatic heterocycles. The molecule has 0 aliphatic rings. The second-order valence-electron chi connectivity index (χ2n) is 7.47. The summed E-state index contributed by atoms with van der Waals surface area (Å²) in [5.74, 6) is 0. The Bertz CT molecular complexity index is 498. The molecule has 0 spiro atoms. The highest BCUT2D eigenvalue weighted by Gasteiger charge is 1.99. The molecule has 0 amide bonds. The smallest absolute Gasteiger partial charge is 0.168 e. The van der Waals surface area contributed by atoms with Gasteiger partial charge < -0.3 is 34.0 Å². The summed E-state index contributed by atoms with van der Waals surface area (Å²) >= 11 is 0. The molecule has 0 N–H and O–H groups in total. The van der Waals surface area contributed by atoms with Gasteiger partial charge in [-0.05, 0) is 12.8 Å². The average molecular weight is 514 g/mol. The van der Waals surface area contributed by atoms with E-state index in [1.54, 1.807) is 0 Å². The Hall–Kier alpha value is -0.740. The summed E-state index contributed by atoms with van der Waals surface area (Å²) in [6, 6.07) is 12.6. The van der Waals surface area contributed by atoms with Crippen molar-refractivity contribution in [3.8, 4) is 0 Å². The van der Waals surface area contributed by atoms with E-state index >= 15 is 0 Å². The Balaban J connectivity index is 0.00000364. The molecule has 0 unspecified atom stereocenters. The van der Waals surface area contributed by atoms with Gasteiger partial charge in [-0.1, -0.05) is 63.5 Å². The first-order valence-corrected chi connectivity index (χ1v) is 10.8. The molecule has 2 heterocycles. The van der Waals surface area contributed by atoms with Crippen molar-refractivity contribution in [2.24, 2.45) is 0 Å². The number of aromatic nitrogens is 2. The molecule has 0 saturated carbocycles. The number of halogens is 2. The maximum Gasteiger partial charge on any atom is 0.168 e. The van der Waals surface area contributed by atoms with Gasteiger partial charge in [0.25, 0.3) is 0 Å². The summed E-state index contributed by atoms with van der Waals surface area (Å²) in [5.41, 5.74) is 0. The number of pyridine rings is 2. The van der Waals surface area contributed by atoms with E-state index < -0.39 is 0 Å². The predicted molar refractivity (Wildman–Crippen MR) is 109 cm³/mol. The zero-order chi connectivity index (χ0) is 18.1. The van der Waals surface area contributed by atoms with Crippen LogP contribution >= 0.6 is 0 Å². The van der Waals surface area contributed by atoms with Crippen molar-refractivity contribution in [2.45, 2.75) is 90.1 Å². The highest BCUT2D eigenvalue weighted by Crippen LogP contribution is 2.12. The van der Waals surface area contributed by atoms with E-state index in [4.69, 9.17) is 0 Å². The van der Waals surface area contributed by atoms with Gasteiger partial charge in [-0.25, -0.2) is 9.13 Å². The van der Waals surface area contributed by atoms with Crippen LogP contribution < -0.4 is 43.1 Å². The lowest BCUT2D eigenvalue weighted by Gasteiger charge is -2.02. The van der Waals surface area contributed by atoms with Gasteiger partial charge in [0, 0.05) is 37.1 Å². The minimum Gasteiger partial charge on any atom is -1.00 e. The topological polar surface area (TPSA) is 7.76 Å². The van der Waals surface area contributed by atoms with Gasteiger partial charge in [0.2, 0.25) is 0 Å². The molecule has 2 nitrogen and oxygen atoms in total. The molecule has 28 heavy (non-hydrogen) atoms. The largest absolute Gasteiger partial charge is 1.00 e. The molecule has 158 valence electrons. The van der Waals surface area contributed by atoms with Gasteiger partial charge in [-0.3, -0.25) is 0 Å². The SMILES string of the molecule is [Br-].[Br-].c1cc[n+](CCCCCCCCCCCCCC[n+]2ccccc2)cc1. The number of rotatable bonds is 15. The molecular formula is C24H38Br2N2. The average Bonchev–Trinajstić information content (AvgIpc) is 2.70. The fourth-order valence-electron chi connectivity index (χ4n) is 3.52. The van der Waals surface area contributed by atoms with Crippen LogP contribution in [0.2, 0.25) is 0 Å². The quantitative estimate of drug-likeness (QED) is 0.227. The fraction of sp³-hybridized carbons (Fsp3) is 0.583. The molecule has 0 saturated heterocycles. The van der Waals surface area contributed by atoms with E-state index in [2.05, 4.69) is 70.3 Å². The lowest BCUT2D eigenvalue weighted by Crippen LogP contribution is -3.00. The second-order valence-corrected chi connectivity index (χ2v) is 7.47. The van der Waals surface area contributed by atoms with E-state index in [1.807, 2.05) is 0 Å². The summed E-state index contributed by atoms with van der Waals surface area (Å²) in [7, 11) is 0. The Morgan fingerprint density at radius 3 is 0.857 bits per heavy atom. The first kappa shape index (κ1) is 27.3. The molecular weight excluding hydrogens is 476 g/mol. The highest BCUT2D eigenvalue weighted by molar-refractivity contribution is 4.84. The molecule has 2 aromatic rings. The number of unbranched alkanes of at least 4 members (excludes halogenated alkanes) is 11. The molecule has 0 aliphatic carbocycles. The van der Waals surface area contributed by atoms with Crippen molar-refractivity contribution in [3.63, 3.8) is 0 Å². The standard InChI is InChI=1S/C24H38N2.2BrH/c1(3-5-7-9-13-19-25-21-15-11-16-22-25)2-4-6-8-10-14-20-26-23-17-12-18-24-26;;/h11-12,15-18,21-24H,1-10,13-14,19-20H2;2*1H/q+2;;/p-2. The highest BCUT2D eigenvalue weighted by atomic mass is 79.9. The monoisotopic (exact) mass is 512 g/mol. The lowest BCUT2D eigenvalue weighted by molar-refractivity contribution is -0.697. The molecule has 0 radical (unpaired) electrons. The zero-order valence-electron chi connectivity index (χ0n) is 17.3. The maximum absolute atomic E-state index is 2.29. The number of aryl methyl sites for hydroxylation is 2. The number of nitrogens with zero attached hydrogens (tertiary/aromatic N) is 2. The summed E-state index contributed by atoms with van der Waals surface area (Å²) < 4.78 is 4.58. The Morgan fingerprint density at radius 1 is 0.321 bits per heavy atom. The molecule has 0 aliphatic heterocycles. The van der Waals surface area contributed by atoms with Crippen LogP contribution in [-0.2, 0) is 13.1 Å². The van der Waals surface area contributed by atoms with Crippen molar-refractivity contribution < 1.29 is 43.1 Å². The van der Waals surface area contributed by atoms with Crippen LogP contribution in [0.5, 0.6) is 0 Å². The van der Waals surface area contributed by atoms with Crippen LogP contribution in [0.3, 0.4) is 0 Å². The maximum atomic E-state index is 2.29. The van der Waals surface area contributed by atoms with Gasteiger partial charge in [0.1, 0.15) is 13.1 Å². The third-order valence-electron chi connectivity index (χ3n) is 5.14. The van der Waals surface area contributed by atoms with Gasteiger partial charge >= 0.3 is 0 Å². The van der Waals surface area contributed by atoms with Crippen molar-refractivity contribution in [1.29, 1.82) is 0 Å². The van der Waals surface area contributed by atoms with Crippen LogP contribution in [-0.4, -0.2) is 0 Å². The second kappa shape index (κ2) is 19.6. The Morgan fingerprint density at radius 2 is 0.571 bits per heavy atom. The van der Waals surface area contributed by atoms with E-state index in [0.717, 1.165) is 0 Å². The molecule has 0 bridgehead atoms. The number of hydrogen-bond acceptors (Lipinski definition) is 0. The normalized spacial score (nSPS) is 10.1. The van der Waals surface area contributed by atoms with E-state index in [1.165, 1.54) is 90.1 Å². The Labute approximate surface area is 193 Å². The third kappa shape index (κ3) is 14.3. The van der Waals surface area contributed by atoms with E-state index in [-0.39, 0.29) is 34.0 Å². The molecule has 0 aromatic carbocycles. The minimum atomic E-state index is 0. The van der Waals surface area contributed by atoms with Crippen LogP contribution in [0.15, 0.2) is 61.2 Å². The first-order chi connectivity index (χ1) is 12.9. The summed E-state index contributed by atoms with van der Waals surface area (Å²) in [6.07, 6.45) is 25.5. The first-order valence-electron chi connectivity index (χ1n) is 10.8. The van der Waals surface area contributed by atoms with Crippen molar-refractivity contribution in [2.75, 3.05) is 0 Å². The predicted octanol–water partition coefficient (Wildman–Crippen LogP) is -0.349. The minimum absolute atomic E-state index is 0. The summed E-state index contributed by atoms with van der Waals surface area (Å²) in [6.45, 7) is 2.34. The molecule has 0 fully saturated rings. The van der Waals surface area contributed by atoms with Crippen LogP contribution in [0, 0.1) is 0 Å². The number of hydrogen-bond donors (Lipinski definition) is 0. The fourth-order valence-corrected chi connectivity index (χ4v) is 3.52. The van der Waals surface area contributed by atoms with Crippen molar-refractivity contribution in [1.82, 2.24) is 0 Å². The van der Waals surface area contributed by atoms with Gasteiger partial charge in [0.05, 0.1) is 0 Å². The molecule has 2 rings (SSSR count). The van der Waals surface area contributed by atoms with Gasteiger partial charge in [-0.2, -0.15) is 0 Å². The molecule has 0 atom stereocenters. The summed E-state index contributed by atoms with van der Waals surface area (Å²) in [4.78, 5) is 0. The summed E-state index contributed by atoms with van der Waals surface area (Å²) in [5, 5.41) is 0. The van der Waals surface area contributed by atoms with Crippen LogP contribution in [0.1, 0.15) is 77.0 Å². The van der Waals surface area contributed by atoms with Gasteiger partial charge in [0.15, 0.2) is 24.8 Å².